The lowest BCUT2D eigenvalue weighted by Gasteiger charge is -2.25. The predicted molar refractivity (Wildman–Crippen MR) is 78.0 cm³/mol. The van der Waals surface area contributed by atoms with Crippen LogP contribution in [-0.4, -0.2) is 48.5 Å². The molecule has 7 heteroatoms. The van der Waals surface area contributed by atoms with Gasteiger partial charge in [0.25, 0.3) is 5.56 Å². The van der Waals surface area contributed by atoms with Gasteiger partial charge in [-0.2, -0.15) is 0 Å². The zero-order valence-electron chi connectivity index (χ0n) is 11.3. The van der Waals surface area contributed by atoms with Crippen LogP contribution in [0.1, 0.15) is 0 Å². The molecule has 108 valence electrons. The van der Waals surface area contributed by atoms with Crippen LogP contribution in [-0.2, 0) is 4.74 Å². The van der Waals surface area contributed by atoms with E-state index in [0.29, 0.717) is 36.3 Å². The molecular weight excluding hydrogens is 260 g/mol. The van der Waals surface area contributed by atoms with Gasteiger partial charge in [-0.05, 0) is 12.1 Å². The molecule has 4 N–H and O–H groups in total. The first-order valence-electron chi connectivity index (χ1n) is 6.29. The summed E-state index contributed by atoms with van der Waals surface area (Å²) < 4.78 is 5.05. The quantitative estimate of drug-likeness (QED) is 0.640. The Morgan fingerprint density at radius 2 is 2.25 bits per heavy atom. The van der Waals surface area contributed by atoms with E-state index in [-0.39, 0.29) is 12.2 Å². The molecule has 7 nitrogen and oxygen atoms in total. The molecule has 2 aromatic rings. The maximum Gasteiger partial charge on any atom is 0.258 e. The maximum atomic E-state index is 11.7. The number of nitrogens with two attached hydrogens (primary N) is 1. The molecule has 1 heterocycles. The molecule has 20 heavy (non-hydrogen) atoms. The van der Waals surface area contributed by atoms with Crippen molar-refractivity contribution in [3.63, 3.8) is 0 Å². The number of H-pyrrole nitrogens is 1. The maximum absolute atomic E-state index is 11.7. The molecule has 0 aliphatic heterocycles. The number of hydrogen-bond donors (Lipinski definition) is 3. The highest BCUT2D eigenvalue weighted by Gasteiger charge is 2.12. The molecule has 0 atom stereocenters. The van der Waals surface area contributed by atoms with Gasteiger partial charge in [-0.25, -0.2) is 4.98 Å². The summed E-state index contributed by atoms with van der Waals surface area (Å²) in [6.45, 7) is 1.54. The van der Waals surface area contributed by atoms with Gasteiger partial charge >= 0.3 is 0 Å². The fourth-order valence-electron chi connectivity index (χ4n) is 2.07. The van der Waals surface area contributed by atoms with Gasteiger partial charge in [0.15, 0.2) is 0 Å². The molecular formula is C13H18N4O3. The summed E-state index contributed by atoms with van der Waals surface area (Å²) in [5.41, 5.74) is 7.57. The zero-order valence-corrected chi connectivity index (χ0v) is 11.3. The second-order valence-corrected chi connectivity index (χ2v) is 4.36. The van der Waals surface area contributed by atoms with Crippen molar-refractivity contribution in [2.45, 2.75) is 0 Å². The van der Waals surface area contributed by atoms with Gasteiger partial charge in [-0.15, -0.1) is 0 Å². The molecule has 2 rings (SSSR count). The molecule has 0 bridgehead atoms. The fourth-order valence-corrected chi connectivity index (χ4v) is 2.07. The molecule has 0 saturated heterocycles. The average molecular weight is 278 g/mol. The molecule has 0 radical (unpaired) electrons. The van der Waals surface area contributed by atoms with Crippen molar-refractivity contribution in [3.05, 3.63) is 28.8 Å². The summed E-state index contributed by atoms with van der Waals surface area (Å²) in [6, 6.07) is 3.36. The molecule has 0 aliphatic rings. The van der Waals surface area contributed by atoms with Crippen molar-refractivity contribution >= 4 is 22.3 Å². The number of nitrogens with zero attached hydrogens (tertiary/aromatic N) is 2. The van der Waals surface area contributed by atoms with Crippen LogP contribution in [0.15, 0.2) is 23.3 Å². The molecule has 1 aromatic heterocycles. The lowest BCUT2D eigenvalue weighted by atomic mass is 10.1. The number of aliphatic hydroxyl groups is 1. The number of aliphatic hydroxyl groups excluding tert-OH is 1. The van der Waals surface area contributed by atoms with Crippen molar-refractivity contribution in [2.75, 3.05) is 44.0 Å². The van der Waals surface area contributed by atoms with Gasteiger partial charge < -0.3 is 25.5 Å². The van der Waals surface area contributed by atoms with E-state index in [1.54, 1.807) is 19.2 Å². The van der Waals surface area contributed by atoms with E-state index >= 15 is 0 Å². The smallest absolute Gasteiger partial charge is 0.258 e. The lowest BCUT2D eigenvalue weighted by Crippen LogP contribution is -2.31. The number of ether oxygens (including phenoxy) is 1. The number of aromatic amines is 1. The van der Waals surface area contributed by atoms with Crippen LogP contribution in [0.25, 0.3) is 10.9 Å². The summed E-state index contributed by atoms with van der Waals surface area (Å²) in [4.78, 5) is 20.2. The van der Waals surface area contributed by atoms with E-state index in [1.807, 2.05) is 4.90 Å². The standard InChI is InChI=1S/C13H18N4O3/c1-20-5-3-17(2-4-18)12-7-11-9(6-10(12)14)13(19)16-8-15-11/h6-8,18H,2-5,14H2,1H3,(H,15,16,19). The molecule has 1 aromatic carbocycles. The van der Waals surface area contributed by atoms with Crippen LogP contribution in [0, 0.1) is 0 Å². The number of rotatable bonds is 6. The lowest BCUT2D eigenvalue weighted by molar-refractivity contribution is 0.203. The highest BCUT2D eigenvalue weighted by atomic mass is 16.5. The molecule has 0 saturated carbocycles. The summed E-state index contributed by atoms with van der Waals surface area (Å²) >= 11 is 0. The van der Waals surface area contributed by atoms with Crippen molar-refractivity contribution in [1.82, 2.24) is 9.97 Å². The number of aromatic nitrogens is 2. The topological polar surface area (TPSA) is 104 Å². The minimum absolute atomic E-state index is 0.00396. The highest BCUT2D eigenvalue weighted by molar-refractivity contribution is 5.88. The SMILES string of the molecule is COCCN(CCO)c1cc2nc[nH]c(=O)c2cc1N. The third kappa shape index (κ3) is 2.89. The second kappa shape index (κ2) is 6.36. The Hall–Kier alpha value is -2.12. The minimum atomic E-state index is -0.223. The number of benzene rings is 1. The minimum Gasteiger partial charge on any atom is -0.397 e. The van der Waals surface area contributed by atoms with Crippen LogP contribution < -0.4 is 16.2 Å². The first-order chi connectivity index (χ1) is 9.67. The van der Waals surface area contributed by atoms with E-state index in [2.05, 4.69) is 9.97 Å². The molecule has 0 amide bonds. The second-order valence-electron chi connectivity index (χ2n) is 4.36. The third-order valence-electron chi connectivity index (χ3n) is 3.06. The van der Waals surface area contributed by atoms with Crippen LogP contribution in [0.3, 0.4) is 0 Å². The zero-order chi connectivity index (χ0) is 14.5. The number of fused-ring (bicyclic) bond motifs is 1. The number of anilines is 2. The highest BCUT2D eigenvalue weighted by Crippen LogP contribution is 2.26. The Labute approximate surface area is 116 Å². The van der Waals surface area contributed by atoms with E-state index in [0.717, 1.165) is 5.69 Å². The monoisotopic (exact) mass is 278 g/mol. The van der Waals surface area contributed by atoms with Crippen molar-refractivity contribution in [3.8, 4) is 0 Å². The fraction of sp³-hybridized carbons (Fsp3) is 0.385. The van der Waals surface area contributed by atoms with Crippen LogP contribution in [0.5, 0.6) is 0 Å². The van der Waals surface area contributed by atoms with Gasteiger partial charge in [-0.3, -0.25) is 4.79 Å². The summed E-state index contributed by atoms with van der Waals surface area (Å²) in [7, 11) is 1.61. The summed E-state index contributed by atoms with van der Waals surface area (Å²) in [6.07, 6.45) is 1.36. The Morgan fingerprint density at radius 1 is 1.45 bits per heavy atom. The average Bonchev–Trinajstić information content (AvgIpc) is 2.44. The molecule has 0 aliphatic carbocycles. The number of nitrogen functional groups attached to an aromatic ring is 1. The predicted octanol–water partition coefficient (Wildman–Crippen LogP) is -0.0496. The van der Waals surface area contributed by atoms with Crippen LogP contribution >= 0.6 is 0 Å². The third-order valence-corrected chi connectivity index (χ3v) is 3.06. The van der Waals surface area contributed by atoms with Crippen molar-refractivity contribution in [2.24, 2.45) is 0 Å². The van der Waals surface area contributed by atoms with Gasteiger partial charge in [0.2, 0.25) is 0 Å². The van der Waals surface area contributed by atoms with Crippen LogP contribution in [0.2, 0.25) is 0 Å². The molecule has 0 fully saturated rings. The van der Waals surface area contributed by atoms with E-state index in [9.17, 15) is 4.79 Å². The van der Waals surface area contributed by atoms with Gasteiger partial charge in [0.1, 0.15) is 0 Å². The summed E-state index contributed by atoms with van der Waals surface area (Å²) in [5.74, 6) is 0. The molecule has 0 unspecified atom stereocenters. The van der Waals surface area contributed by atoms with Gasteiger partial charge in [0, 0.05) is 20.2 Å². The van der Waals surface area contributed by atoms with Gasteiger partial charge in [-0.1, -0.05) is 0 Å². The van der Waals surface area contributed by atoms with E-state index in [1.165, 1.54) is 6.33 Å². The first-order valence-corrected chi connectivity index (χ1v) is 6.29. The number of methoxy groups -OCH3 is 1. The Morgan fingerprint density at radius 3 is 2.95 bits per heavy atom. The van der Waals surface area contributed by atoms with Crippen LogP contribution in [0.4, 0.5) is 11.4 Å². The Bertz CT molecular complexity index is 641. The van der Waals surface area contributed by atoms with E-state index in [4.69, 9.17) is 15.6 Å². The summed E-state index contributed by atoms with van der Waals surface area (Å²) in [5, 5.41) is 9.60. The normalized spacial score (nSPS) is 10.9. The Kier molecular flexibility index (Phi) is 4.54. The number of nitrogens with one attached hydrogen (secondary N) is 1. The van der Waals surface area contributed by atoms with Crippen molar-refractivity contribution < 1.29 is 9.84 Å². The Balaban J connectivity index is 2.46. The molecule has 0 spiro atoms. The largest absolute Gasteiger partial charge is 0.397 e. The van der Waals surface area contributed by atoms with E-state index < -0.39 is 0 Å². The first kappa shape index (κ1) is 14.3. The van der Waals surface area contributed by atoms with Crippen molar-refractivity contribution in [1.29, 1.82) is 0 Å². The van der Waals surface area contributed by atoms with Gasteiger partial charge in [0.05, 0.1) is 41.8 Å². The number of hydrogen-bond acceptors (Lipinski definition) is 6.